The Balaban J connectivity index is 1.45. The van der Waals surface area contributed by atoms with E-state index < -0.39 is 6.10 Å². The van der Waals surface area contributed by atoms with Gasteiger partial charge in [-0.05, 0) is 54.8 Å². The van der Waals surface area contributed by atoms with Crippen molar-refractivity contribution in [3.63, 3.8) is 0 Å². The molecule has 0 radical (unpaired) electrons. The molecule has 29 heavy (non-hydrogen) atoms. The zero-order valence-corrected chi connectivity index (χ0v) is 17.9. The normalized spacial score (nSPS) is 15.6. The first-order chi connectivity index (χ1) is 14.0. The van der Waals surface area contributed by atoms with Gasteiger partial charge in [0.2, 0.25) is 5.91 Å². The predicted molar refractivity (Wildman–Crippen MR) is 114 cm³/mol. The van der Waals surface area contributed by atoms with Crippen LogP contribution in [0, 0.1) is 5.92 Å². The maximum atomic E-state index is 12.6. The summed E-state index contributed by atoms with van der Waals surface area (Å²) in [5.74, 6) is 0.487. The second-order valence-electron chi connectivity index (χ2n) is 7.11. The van der Waals surface area contributed by atoms with Crippen molar-refractivity contribution in [1.29, 1.82) is 0 Å². The molecule has 0 aromatic heterocycles. The van der Waals surface area contributed by atoms with Crippen LogP contribution in [0.15, 0.2) is 53.0 Å². The molecule has 1 aliphatic heterocycles. The molecule has 0 aliphatic carbocycles. The predicted octanol–water partition coefficient (Wildman–Crippen LogP) is 3.16. The van der Waals surface area contributed by atoms with E-state index in [4.69, 9.17) is 4.74 Å². The first-order valence-electron chi connectivity index (χ1n) is 9.62. The van der Waals surface area contributed by atoms with Gasteiger partial charge in [-0.15, -0.1) is 0 Å². The van der Waals surface area contributed by atoms with Gasteiger partial charge in [0, 0.05) is 35.6 Å². The number of hydrogen-bond acceptors (Lipinski definition) is 4. The number of nitrogens with zero attached hydrogens (tertiary/aromatic N) is 1. The number of methoxy groups -OCH3 is 1. The van der Waals surface area contributed by atoms with Crippen molar-refractivity contribution in [3.05, 3.63) is 64.1 Å². The number of aliphatic hydroxyl groups excluding tert-OH is 1. The fourth-order valence-electron chi connectivity index (χ4n) is 3.41. The highest BCUT2D eigenvalue weighted by atomic mass is 79.9. The number of amides is 2. The number of halogens is 1. The first kappa shape index (κ1) is 21.3. The van der Waals surface area contributed by atoms with Crippen molar-refractivity contribution in [2.75, 3.05) is 26.7 Å². The molecule has 1 atom stereocenters. The highest BCUT2D eigenvalue weighted by Gasteiger charge is 2.28. The summed E-state index contributed by atoms with van der Waals surface area (Å²) in [5, 5.41) is 13.1. The molecule has 3 rings (SSSR count). The fourth-order valence-corrected chi connectivity index (χ4v) is 3.67. The minimum absolute atomic E-state index is 0.00807. The van der Waals surface area contributed by atoms with E-state index >= 15 is 0 Å². The van der Waals surface area contributed by atoms with Crippen LogP contribution in [0.25, 0.3) is 0 Å². The van der Waals surface area contributed by atoms with E-state index in [1.807, 2.05) is 12.1 Å². The molecular weight excluding hydrogens is 436 g/mol. The van der Waals surface area contributed by atoms with E-state index in [1.165, 1.54) is 0 Å². The first-order valence-corrected chi connectivity index (χ1v) is 10.4. The fraction of sp³-hybridized carbons (Fsp3) is 0.364. The maximum Gasteiger partial charge on any atom is 0.253 e. The molecule has 1 saturated heterocycles. The van der Waals surface area contributed by atoms with Gasteiger partial charge in [0.05, 0.1) is 13.2 Å². The van der Waals surface area contributed by atoms with Gasteiger partial charge in [0.25, 0.3) is 5.91 Å². The smallest absolute Gasteiger partial charge is 0.253 e. The number of aliphatic hydroxyl groups is 1. The van der Waals surface area contributed by atoms with Crippen LogP contribution in [0.2, 0.25) is 0 Å². The molecule has 0 bridgehead atoms. The summed E-state index contributed by atoms with van der Waals surface area (Å²) < 4.78 is 6.04. The van der Waals surface area contributed by atoms with Gasteiger partial charge in [0.1, 0.15) is 5.75 Å². The number of ether oxygens (including phenoxy) is 1. The standard InChI is InChI=1S/C22H25BrN2O4/c1-29-19-8-4-15(5-9-19)20(26)14-24-21(27)16-10-12-25(13-11-16)22(28)17-2-6-18(23)7-3-17/h2-9,16,20,26H,10-14H2,1H3,(H,24,27). The summed E-state index contributed by atoms with van der Waals surface area (Å²) in [6.45, 7) is 1.26. The lowest BCUT2D eigenvalue weighted by Gasteiger charge is -2.31. The highest BCUT2D eigenvalue weighted by Crippen LogP contribution is 2.21. The van der Waals surface area contributed by atoms with Crippen LogP contribution in [0.1, 0.15) is 34.9 Å². The molecule has 0 spiro atoms. The van der Waals surface area contributed by atoms with Crippen LogP contribution in [-0.2, 0) is 4.79 Å². The SMILES string of the molecule is COc1ccc(C(O)CNC(=O)C2CCN(C(=O)c3ccc(Br)cc3)CC2)cc1. The van der Waals surface area contributed by atoms with Gasteiger partial charge in [-0.1, -0.05) is 28.1 Å². The number of piperidine rings is 1. The highest BCUT2D eigenvalue weighted by molar-refractivity contribution is 9.10. The van der Waals surface area contributed by atoms with Crippen LogP contribution in [0.3, 0.4) is 0 Å². The van der Waals surface area contributed by atoms with Gasteiger partial charge in [-0.2, -0.15) is 0 Å². The summed E-state index contributed by atoms with van der Waals surface area (Å²) in [4.78, 5) is 26.8. The number of rotatable bonds is 6. The average Bonchev–Trinajstić information content (AvgIpc) is 2.77. The second-order valence-corrected chi connectivity index (χ2v) is 8.02. The molecule has 6 nitrogen and oxygen atoms in total. The number of benzene rings is 2. The van der Waals surface area contributed by atoms with Crippen molar-refractivity contribution in [2.45, 2.75) is 18.9 Å². The third kappa shape index (κ3) is 5.58. The van der Waals surface area contributed by atoms with Crippen molar-refractivity contribution < 1.29 is 19.4 Å². The molecule has 7 heteroatoms. The third-order valence-electron chi connectivity index (χ3n) is 5.21. The summed E-state index contributed by atoms with van der Waals surface area (Å²) in [5.41, 5.74) is 1.37. The molecule has 0 saturated carbocycles. The molecule has 1 unspecified atom stereocenters. The molecule has 2 amide bonds. The summed E-state index contributed by atoms with van der Waals surface area (Å²) >= 11 is 3.37. The summed E-state index contributed by atoms with van der Waals surface area (Å²) in [6.07, 6.45) is 0.461. The van der Waals surface area contributed by atoms with E-state index in [-0.39, 0.29) is 24.3 Å². The molecular formula is C22H25BrN2O4. The zero-order chi connectivity index (χ0) is 20.8. The zero-order valence-electron chi connectivity index (χ0n) is 16.3. The van der Waals surface area contributed by atoms with Gasteiger partial charge in [-0.3, -0.25) is 9.59 Å². The Kier molecular flexibility index (Phi) is 7.28. The van der Waals surface area contributed by atoms with Gasteiger partial charge in [-0.25, -0.2) is 0 Å². The minimum atomic E-state index is -0.774. The van der Waals surface area contributed by atoms with Crippen LogP contribution in [0.4, 0.5) is 0 Å². The largest absolute Gasteiger partial charge is 0.497 e. The van der Waals surface area contributed by atoms with Crippen LogP contribution in [0.5, 0.6) is 5.75 Å². The van der Waals surface area contributed by atoms with E-state index in [9.17, 15) is 14.7 Å². The molecule has 1 heterocycles. The Morgan fingerprint density at radius 2 is 1.76 bits per heavy atom. The number of likely N-dealkylation sites (tertiary alicyclic amines) is 1. The second kappa shape index (κ2) is 9.89. The third-order valence-corrected chi connectivity index (χ3v) is 5.74. The lowest BCUT2D eigenvalue weighted by atomic mass is 9.95. The van der Waals surface area contributed by atoms with Gasteiger partial charge >= 0.3 is 0 Å². The number of nitrogens with one attached hydrogen (secondary N) is 1. The van der Waals surface area contributed by atoms with E-state index in [2.05, 4.69) is 21.2 Å². The Hall–Kier alpha value is -2.38. The molecule has 2 aromatic rings. The molecule has 1 fully saturated rings. The number of carbonyl (C=O) groups excluding carboxylic acids is 2. The van der Waals surface area contributed by atoms with Crippen LogP contribution in [-0.4, -0.2) is 48.6 Å². The van der Waals surface area contributed by atoms with E-state index in [0.717, 1.165) is 15.8 Å². The van der Waals surface area contributed by atoms with Gasteiger partial charge in [0.15, 0.2) is 0 Å². The van der Waals surface area contributed by atoms with E-state index in [1.54, 1.807) is 48.4 Å². The Morgan fingerprint density at radius 1 is 1.14 bits per heavy atom. The monoisotopic (exact) mass is 460 g/mol. The lowest BCUT2D eigenvalue weighted by molar-refractivity contribution is -0.126. The van der Waals surface area contributed by atoms with E-state index in [0.29, 0.717) is 31.5 Å². The Labute approximate surface area is 179 Å². The average molecular weight is 461 g/mol. The van der Waals surface area contributed by atoms with Crippen LogP contribution < -0.4 is 10.1 Å². The molecule has 2 aromatic carbocycles. The number of carbonyl (C=O) groups is 2. The molecule has 154 valence electrons. The summed E-state index contributed by atoms with van der Waals surface area (Å²) in [7, 11) is 1.59. The van der Waals surface area contributed by atoms with Gasteiger partial charge < -0.3 is 20.1 Å². The van der Waals surface area contributed by atoms with Crippen molar-refractivity contribution in [1.82, 2.24) is 10.2 Å². The lowest BCUT2D eigenvalue weighted by Crippen LogP contribution is -2.43. The van der Waals surface area contributed by atoms with Crippen molar-refractivity contribution in [3.8, 4) is 5.75 Å². The molecule has 1 aliphatic rings. The van der Waals surface area contributed by atoms with Crippen molar-refractivity contribution in [2.24, 2.45) is 5.92 Å². The molecule has 2 N–H and O–H groups in total. The Morgan fingerprint density at radius 3 is 2.34 bits per heavy atom. The topological polar surface area (TPSA) is 78.9 Å². The minimum Gasteiger partial charge on any atom is -0.497 e. The maximum absolute atomic E-state index is 12.6. The summed E-state index contributed by atoms with van der Waals surface area (Å²) in [6, 6.07) is 14.4. The Bertz CT molecular complexity index is 831. The van der Waals surface area contributed by atoms with Crippen LogP contribution >= 0.6 is 15.9 Å². The number of hydrogen-bond donors (Lipinski definition) is 2. The van der Waals surface area contributed by atoms with Crippen molar-refractivity contribution >= 4 is 27.7 Å². The quantitative estimate of drug-likeness (QED) is 0.693.